The lowest BCUT2D eigenvalue weighted by molar-refractivity contribution is 0.137. The Labute approximate surface area is 84.2 Å². The van der Waals surface area contributed by atoms with E-state index in [0.717, 1.165) is 28.5 Å². The second-order valence-electron chi connectivity index (χ2n) is 4.93. The number of hydrogen-bond donors (Lipinski definition) is 0. The minimum absolute atomic E-state index is 0.829. The van der Waals surface area contributed by atoms with Gasteiger partial charge in [-0.3, -0.25) is 0 Å². The molecule has 2 rings (SSSR count). The zero-order valence-electron chi connectivity index (χ0n) is 8.09. The van der Waals surface area contributed by atoms with Crippen molar-refractivity contribution in [2.24, 2.45) is 23.7 Å². The standard InChI is InChI=1S/C11H19Br/c1-7-3-4-8(2)11-6-9(12)5-10(7)11/h7-11H,3-6H2,1-2H3/t7-,8-,9?,10?,11?/m1/s1. The van der Waals surface area contributed by atoms with Gasteiger partial charge in [0.1, 0.15) is 0 Å². The van der Waals surface area contributed by atoms with E-state index in [1.54, 1.807) is 0 Å². The zero-order valence-corrected chi connectivity index (χ0v) is 9.68. The normalized spacial score (nSPS) is 53.8. The molecule has 0 saturated heterocycles. The van der Waals surface area contributed by atoms with Gasteiger partial charge in [-0.2, -0.15) is 0 Å². The summed E-state index contributed by atoms with van der Waals surface area (Å²) in [5.74, 6) is 4.07. The van der Waals surface area contributed by atoms with Crippen LogP contribution in [-0.2, 0) is 0 Å². The Kier molecular flexibility index (Phi) is 2.51. The summed E-state index contributed by atoms with van der Waals surface area (Å²) in [6.07, 6.45) is 5.83. The van der Waals surface area contributed by atoms with Crippen LogP contribution in [0, 0.1) is 23.7 Å². The highest BCUT2D eigenvalue weighted by atomic mass is 79.9. The van der Waals surface area contributed by atoms with Crippen LogP contribution >= 0.6 is 15.9 Å². The van der Waals surface area contributed by atoms with E-state index >= 15 is 0 Å². The number of rotatable bonds is 0. The molecule has 0 bridgehead atoms. The van der Waals surface area contributed by atoms with Gasteiger partial charge in [-0.1, -0.05) is 42.6 Å². The van der Waals surface area contributed by atoms with Gasteiger partial charge in [-0.25, -0.2) is 0 Å². The van der Waals surface area contributed by atoms with Crippen molar-refractivity contribution in [3.8, 4) is 0 Å². The topological polar surface area (TPSA) is 0 Å². The van der Waals surface area contributed by atoms with Crippen molar-refractivity contribution >= 4 is 15.9 Å². The van der Waals surface area contributed by atoms with Gasteiger partial charge < -0.3 is 0 Å². The third-order valence-electron chi connectivity index (χ3n) is 4.14. The Morgan fingerprint density at radius 1 is 0.917 bits per heavy atom. The molecule has 2 saturated carbocycles. The molecule has 0 aromatic rings. The maximum Gasteiger partial charge on any atom is 0.0151 e. The molecule has 0 aromatic heterocycles. The van der Waals surface area contributed by atoms with Gasteiger partial charge in [0.15, 0.2) is 0 Å². The highest BCUT2D eigenvalue weighted by Crippen LogP contribution is 2.49. The molecule has 0 aromatic carbocycles. The molecule has 0 heterocycles. The molecule has 2 unspecified atom stereocenters. The summed E-state index contributed by atoms with van der Waals surface area (Å²) in [6, 6.07) is 0. The van der Waals surface area contributed by atoms with E-state index < -0.39 is 0 Å². The fourth-order valence-electron chi connectivity index (χ4n) is 3.30. The quantitative estimate of drug-likeness (QED) is 0.555. The molecule has 70 valence electrons. The summed E-state index contributed by atoms with van der Waals surface area (Å²) in [4.78, 5) is 0.829. The van der Waals surface area contributed by atoms with Crippen LogP contribution in [0.1, 0.15) is 39.5 Å². The predicted molar refractivity (Wildman–Crippen MR) is 56.5 cm³/mol. The van der Waals surface area contributed by atoms with Crippen molar-refractivity contribution < 1.29 is 0 Å². The predicted octanol–water partition coefficient (Wildman–Crippen LogP) is 3.84. The summed E-state index contributed by atoms with van der Waals surface area (Å²) in [6.45, 7) is 4.91. The van der Waals surface area contributed by atoms with E-state index in [9.17, 15) is 0 Å². The molecule has 0 aliphatic heterocycles. The van der Waals surface area contributed by atoms with Gasteiger partial charge in [0.2, 0.25) is 0 Å². The number of fused-ring (bicyclic) bond motifs is 1. The number of alkyl halides is 1. The van der Waals surface area contributed by atoms with E-state index in [4.69, 9.17) is 0 Å². The second kappa shape index (κ2) is 3.32. The summed E-state index contributed by atoms with van der Waals surface area (Å²) in [5, 5.41) is 0. The Hall–Kier alpha value is 0.480. The van der Waals surface area contributed by atoms with Crippen LogP contribution in [0.15, 0.2) is 0 Å². The van der Waals surface area contributed by atoms with Crippen molar-refractivity contribution in [2.75, 3.05) is 0 Å². The summed E-state index contributed by atoms with van der Waals surface area (Å²) < 4.78 is 0. The van der Waals surface area contributed by atoms with E-state index in [2.05, 4.69) is 29.8 Å². The molecular weight excluding hydrogens is 212 g/mol. The molecule has 0 radical (unpaired) electrons. The molecule has 1 heteroatoms. The van der Waals surface area contributed by atoms with Crippen molar-refractivity contribution in [2.45, 2.75) is 44.4 Å². The van der Waals surface area contributed by atoms with Crippen molar-refractivity contribution in [3.05, 3.63) is 0 Å². The molecule has 0 spiro atoms. The molecule has 0 amide bonds. The first-order chi connectivity index (χ1) is 5.68. The van der Waals surface area contributed by atoms with Crippen LogP contribution in [0.25, 0.3) is 0 Å². The van der Waals surface area contributed by atoms with Crippen LogP contribution in [0.5, 0.6) is 0 Å². The average Bonchev–Trinajstić information content (AvgIpc) is 2.41. The fourth-order valence-corrected chi connectivity index (χ4v) is 4.16. The van der Waals surface area contributed by atoms with E-state index in [-0.39, 0.29) is 0 Å². The molecule has 2 aliphatic carbocycles. The van der Waals surface area contributed by atoms with Crippen molar-refractivity contribution in [1.82, 2.24) is 0 Å². The van der Waals surface area contributed by atoms with Gasteiger partial charge >= 0.3 is 0 Å². The van der Waals surface area contributed by atoms with Crippen molar-refractivity contribution in [3.63, 3.8) is 0 Å². The molecule has 2 aliphatic rings. The Balaban J connectivity index is 2.09. The molecule has 0 N–H and O–H groups in total. The smallest absolute Gasteiger partial charge is 0.0151 e. The fraction of sp³-hybridized carbons (Fsp3) is 1.00. The largest absolute Gasteiger partial charge is 0.0890 e. The maximum absolute atomic E-state index is 3.78. The average molecular weight is 231 g/mol. The van der Waals surface area contributed by atoms with Crippen LogP contribution in [0.4, 0.5) is 0 Å². The SMILES string of the molecule is C[C@@H]1CC[C@@H](C)C2CC(Br)CC21. The lowest BCUT2D eigenvalue weighted by Gasteiger charge is -2.36. The van der Waals surface area contributed by atoms with Crippen LogP contribution in [-0.4, -0.2) is 4.83 Å². The number of hydrogen-bond acceptors (Lipinski definition) is 0. The van der Waals surface area contributed by atoms with E-state index in [1.165, 1.54) is 25.7 Å². The maximum atomic E-state index is 3.78. The summed E-state index contributed by atoms with van der Waals surface area (Å²) in [7, 11) is 0. The monoisotopic (exact) mass is 230 g/mol. The van der Waals surface area contributed by atoms with Gasteiger partial charge in [-0.15, -0.1) is 0 Å². The molecule has 4 atom stereocenters. The van der Waals surface area contributed by atoms with Gasteiger partial charge in [-0.05, 0) is 36.5 Å². The first kappa shape index (κ1) is 9.05. The number of halogens is 1. The summed E-state index contributed by atoms with van der Waals surface area (Å²) >= 11 is 3.78. The minimum Gasteiger partial charge on any atom is -0.0890 e. The zero-order chi connectivity index (χ0) is 8.72. The highest BCUT2D eigenvalue weighted by molar-refractivity contribution is 9.09. The molecule has 2 fully saturated rings. The Morgan fingerprint density at radius 2 is 1.33 bits per heavy atom. The van der Waals surface area contributed by atoms with Crippen LogP contribution in [0.2, 0.25) is 0 Å². The van der Waals surface area contributed by atoms with Crippen LogP contribution < -0.4 is 0 Å². The lowest BCUT2D eigenvalue weighted by atomic mass is 9.69. The van der Waals surface area contributed by atoms with E-state index in [1.807, 2.05) is 0 Å². The Bertz CT molecular complexity index is 148. The van der Waals surface area contributed by atoms with Gasteiger partial charge in [0, 0.05) is 4.83 Å². The minimum atomic E-state index is 0.829. The molecular formula is C11H19Br. The second-order valence-corrected chi connectivity index (χ2v) is 6.22. The van der Waals surface area contributed by atoms with Crippen LogP contribution in [0.3, 0.4) is 0 Å². The third kappa shape index (κ3) is 1.45. The first-order valence-electron chi connectivity index (χ1n) is 5.32. The van der Waals surface area contributed by atoms with Gasteiger partial charge in [0.05, 0.1) is 0 Å². The summed E-state index contributed by atoms with van der Waals surface area (Å²) in [5.41, 5.74) is 0. The Morgan fingerprint density at radius 3 is 1.75 bits per heavy atom. The molecule has 12 heavy (non-hydrogen) atoms. The molecule has 0 nitrogen and oxygen atoms in total. The lowest BCUT2D eigenvalue weighted by Crippen LogP contribution is -2.27. The van der Waals surface area contributed by atoms with Crippen molar-refractivity contribution in [1.29, 1.82) is 0 Å². The first-order valence-corrected chi connectivity index (χ1v) is 6.24. The third-order valence-corrected chi connectivity index (χ3v) is 4.89. The van der Waals surface area contributed by atoms with Gasteiger partial charge in [0.25, 0.3) is 0 Å². The van der Waals surface area contributed by atoms with E-state index in [0.29, 0.717) is 0 Å². The highest BCUT2D eigenvalue weighted by Gasteiger charge is 2.41.